The third-order valence-electron chi connectivity index (χ3n) is 0.667. The van der Waals surface area contributed by atoms with Crippen LogP contribution in [-0.4, -0.2) is 51.4 Å². The molecule has 0 heterocycles. The van der Waals surface area contributed by atoms with Crippen molar-refractivity contribution in [1.29, 1.82) is 0 Å². The third kappa shape index (κ3) is 5.47. The molecule has 0 saturated heterocycles. The van der Waals surface area contributed by atoms with E-state index in [2.05, 4.69) is 0 Å². The zero-order chi connectivity index (χ0) is 4.24. The summed E-state index contributed by atoms with van der Waals surface area (Å²) in [6.07, 6.45) is 0. The van der Waals surface area contributed by atoms with E-state index in [0.717, 1.165) is 0 Å². The van der Waals surface area contributed by atoms with E-state index in [4.69, 9.17) is 0 Å². The van der Waals surface area contributed by atoms with Crippen molar-refractivity contribution in [3.8, 4) is 0 Å². The van der Waals surface area contributed by atoms with Crippen LogP contribution in [-0.2, 0) is 0 Å². The quantitative estimate of drug-likeness (QED) is 0.558. The van der Waals surface area contributed by atoms with Crippen LogP contribution in [0.2, 0.25) is 0 Å². The van der Waals surface area contributed by atoms with Gasteiger partial charge in [0.15, 0.2) is 0 Å². The predicted octanol–water partition coefficient (Wildman–Crippen LogP) is 1.88. The second-order valence-electron chi connectivity index (χ2n) is 1.15. The zero-order valence-corrected chi connectivity index (χ0v) is 9.71. The normalized spacial score (nSPS) is 6.00. The van der Waals surface area contributed by atoms with E-state index in [1.807, 2.05) is 36.4 Å². The Bertz CT molecular complexity index is 80.5. The number of hydrogen-bond donors (Lipinski definition) is 0. The van der Waals surface area contributed by atoms with Crippen molar-refractivity contribution in [2.24, 2.45) is 0 Å². The molecule has 0 bridgehead atoms. The molecule has 8 heavy (non-hydrogen) atoms. The number of rotatable bonds is 0. The summed E-state index contributed by atoms with van der Waals surface area (Å²) in [4.78, 5) is 0. The largest absolute Gasteiger partial charge is 0.114 e. The predicted molar refractivity (Wildman–Crippen MR) is 42.5 cm³/mol. The van der Waals surface area contributed by atoms with E-state index in [1.165, 1.54) is 0 Å². The van der Waals surface area contributed by atoms with Crippen LogP contribution in [0.5, 0.6) is 0 Å². The van der Waals surface area contributed by atoms with Gasteiger partial charge < -0.3 is 0 Å². The van der Waals surface area contributed by atoms with Gasteiger partial charge in [-0.2, -0.15) is 0 Å². The molecule has 0 atom stereocenters. The van der Waals surface area contributed by atoms with Gasteiger partial charge in [0.1, 0.15) is 0 Å². The van der Waals surface area contributed by atoms with Gasteiger partial charge in [0.25, 0.3) is 0 Å². The first-order chi connectivity index (χ1) is 3.00. The maximum absolute atomic E-state index is 2.00. The third-order valence-corrected chi connectivity index (χ3v) is 0.667. The first-order valence-electron chi connectivity index (χ1n) is 2.00. The fourth-order valence-electron chi connectivity index (χ4n) is 0.385. The monoisotopic (exact) mass is 197 g/mol. The smallest absolute Gasteiger partial charge is 0 e. The van der Waals surface area contributed by atoms with Crippen LogP contribution >= 0.6 is 17.0 Å². The first-order valence-corrected chi connectivity index (χ1v) is 2.00. The second-order valence-corrected chi connectivity index (χ2v) is 1.15. The van der Waals surface area contributed by atoms with Crippen LogP contribution in [0.1, 0.15) is 0 Å². The summed E-state index contributed by atoms with van der Waals surface area (Å²) >= 11 is 0. The van der Waals surface area contributed by atoms with Gasteiger partial charge in [0.05, 0.1) is 0 Å². The van der Waals surface area contributed by atoms with Crippen molar-refractivity contribution < 1.29 is 0 Å². The van der Waals surface area contributed by atoms with Crippen LogP contribution in [0.25, 0.3) is 0 Å². The Labute approximate surface area is 103 Å². The zero-order valence-electron chi connectivity index (χ0n) is 4.87. The molecular formula is C6H7BrK. The Morgan fingerprint density at radius 3 is 0.750 bits per heavy atom. The van der Waals surface area contributed by atoms with E-state index < -0.39 is 0 Å². The second kappa shape index (κ2) is 8.34. The molecule has 0 nitrogen and oxygen atoms in total. The minimum atomic E-state index is 0. The molecule has 2 heteroatoms. The van der Waals surface area contributed by atoms with Crippen molar-refractivity contribution >= 4 is 68.4 Å². The molecule has 0 N–H and O–H groups in total. The van der Waals surface area contributed by atoms with E-state index in [0.29, 0.717) is 0 Å². The average molecular weight is 198 g/mol. The summed E-state index contributed by atoms with van der Waals surface area (Å²) in [6.45, 7) is 0. The Hall–Kier alpha value is 1.34. The van der Waals surface area contributed by atoms with Gasteiger partial charge in [-0.1, -0.05) is 36.4 Å². The standard InChI is InChI=1S/C6H6.BrH.K/c1-2-4-6-5-3-1;;/h1-6H;1H;. The Morgan fingerprint density at radius 1 is 0.500 bits per heavy atom. The maximum atomic E-state index is 2.00. The van der Waals surface area contributed by atoms with Crippen molar-refractivity contribution in [2.75, 3.05) is 0 Å². The molecule has 1 radical (unpaired) electrons. The molecule has 0 fully saturated rings. The fraction of sp³-hybridized carbons (Fsp3) is 0. The molecule has 0 aliphatic rings. The van der Waals surface area contributed by atoms with Gasteiger partial charge in [-0.3, -0.25) is 0 Å². The Morgan fingerprint density at radius 2 is 0.625 bits per heavy atom. The van der Waals surface area contributed by atoms with Gasteiger partial charge in [0.2, 0.25) is 0 Å². The summed E-state index contributed by atoms with van der Waals surface area (Å²) in [5.74, 6) is 0. The molecule has 0 unspecified atom stereocenters. The minimum Gasteiger partial charge on any atom is -0.114 e. The van der Waals surface area contributed by atoms with Crippen LogP contribution in [0.4, 0.5) is 0 Å². The molecule has 0 aliphatic heterocycles. The molecule has 0 aromatic heterocycles. The summed E-state index contributed by atoms with van der Waals surface area (Å²) < 4.78 is 0. The molecule has 0 saturated carbocycles. The van der Waals surface area contributed by atoms with E-state index >= 15 is 0 Å². The average Bonchev–Trinajstić information content (AvgIpc) is 1.72. The molecule has 1 aromatic carbocycles. The maximum Gasteiger partial charge on any atom is 0 e. The van der Waals surface area contributed by atoms with Crippen molar-refractivity contribution in [1.82, 2.24) is 0 Å². The summed E-state index contributed by atoms with van der Waals surface area (Å²) in [5.41, 5.74) is 0. The summed E-state index contributed by atoms with van der Waals surface area (Å²) in [5, 5.41) is 0. The van der Waals surface area contributed by atoms with Crippen molar-refractivity contribution in [3.05, 3.63) is 36.4 Å². The van der Waals surface area contributed by atoms with E-state index in [-0.39, 0.29) is 68.4 Å². The molecule has 0 spiro atoms. The van der Waals surface area contributed by atoms with Crippen molar-refractivity contribution in [2.45, 2.75) is 0 Å². The van der Waals surface area contributed by atoms with Crippen molar-refractivity contribution in [3.63, 3.8) is 0 Å². The van der Waals surface area contributed by atoms with E-state index in [9.17, 15) is 0 Å². The minimum absolute atomic E-state index is 0. The molecule has 1 aromatic rings. The van der Waals surface area contributed by atoms with Crippen LogP contribution in [0.15, 0.2) is 36.4 Å². The van der Waals surface area contributed by atoms with Crippen LogP contribution in [0.3, 0.4) is 0 Å². The Balaban J connectivity index is 0. The van der Waals surface area contributed by atoms with Gasteiger partial charge >= 0.3 is 0 Å². The molecule has 1 rings (SSSR count). The molecule has 0 aliphatic carbocycles. The van der Waals surface area contributed by atoms with Crippen LogP contribution in [0, 0.1) is 0 Å². The number of benzene rings is 1. The fourth-order valence-corrected chi connectivity index (χ4v) is 0.385. The molecular weight excluding hydrogens is 191 g/mol. The molecule has 39 valence electrons. The van der Waals surface area contributed by atoms with Gasteiger partial charge in [0, 0.05) is 51.4 Å². The van der Waals surface area contributed by atoms with Gasteiger partial charge in [-0.05, 0) is 0 Å². The van der Waals surface area contributed by atoms with Crippen LogP contribution < -0.4 is 0 Å². The Kier molecular flexibility index (Phi) is 12.6. The number of hydrogen-bond acceptors (Lipinski definition) is 0. The SMILES string of the molecule is Br.[K].c1ccccc1. The van der Waals surface area contributed by atoms with Gasteiger partial charge in [-0.15, -0.1) is 17.0 Å². The topological polar surface area (TPSA) is 0 Å². The summed E-state index contributed by atoms with van der Waals surface area (Å²) in [7, 11) is 0. The molecule has 0 amide bonds. The number of halogens is 1. The summed E-state index contributed by atoms with van der Waals surface area (Å²) in [6, 6.07) is 12.0. The first kappa shape index (κ1) is 12.1. The van der Waals surface area contributed by atoms with Gasteiger partial charge in [-0.25, -0.2) is 0 Å². The van der Waals surface area contributed by atoms with E-state index in [1.54, 1.807) is 0 Å².